The lowest BCUT2D eigenvalue weighted by Crippen LogP contribution is -2.53. The Bertz CT molecular complexity index is 812. The first kappa shape index (κ1) is 20.9. The van der Waals surface area contributed by atoms with Gasteiger partial charge in [-0.1, -0.05) is 32.6 Å². The Morgan fingerprint density at radius 2 is 1.96 bits per heavy atom. The number of imidazole rings is 1. The molecule has 27 heavy (non-hydrogen) atoms. The molecule has 0 aliphatic carbocycles. The highest BCUT2D eigenvalue weighted by molar-refractivity contribution is 6.00. The second kappa shape index (κ2) is 9.02. The van der Waals surface area contributed by atoms with Crippen molar-refractivity contribution in [2.45, 2.75) is 65.3 Å². The predicted octanol–water partition coefficient (Wildman–Crippen LogP) is 3.90. The van der Waals surface area contributed by atoms with Crippen LogP contribution in [-0.4, -0.2) is 33.6 Å². The van der Waals surface area contributed by atoms with Crippen LogP contribution in [0.3, 0.4) is 0 Å². The molecule has 6 heteroatoms. The minimum atomic E-state index is -1.03. The van der Waals surface area contributed by atoms with Crippen molar-refractivity contribution in [1.29, 1.82) is 0 Å². The predicted molar refractivity (Wildman–Crippen MR) is 107 cm³/mol. The van der Waals surface area contributed by atoms with Crippen LogP contribution in [0.25, 0.3) is 11.0 Å². The minimum absolute atomic E-state index is 0.286. The number of aryl methyl sites for hydroxylation is 2. The quantitative estimate of drug-likeness (QED) is 0.534. The topological polar surface area (TPSA) is 73.2 Å². The number of nitrogens with zero attached hydrogens (tertiary/aromatic N) is 2. The third-order valence-electron chi connectivity index (χ3n) is 5.01. The molecule has 0 fully saturated rings. The summed E-state index contributed by atoms with van der Waals surface area (Å²) >= 11 is 0. The highest BCUT2D eigenvalue weighted by Crippen LogP contribution is 2.20. The maximum absolute atomic E-state index is 12.8. The minimum Gasteiger partial charge on any atom is -0.464 e. The Hall–Kier alpha value is -2.37. The fraction of sp³-hybridized carbons (Fsp3) is 0.571. The first-order valence-corrected chi connectivity index (χ1v) is 9.75. The number of unbranched alkanes of at least 4 members (excludes halogenated alkanes) is 3. The Kier molecular flexibility index (Phi) is 6.99. The molecule has 0 saturated heterocycles. The molecule has 0 saturated carbocycles. The van der Waals surface area contributed by atoms with E-state index in [0.29, 0.717) is 18.6 Å². The molecule has 1 aromatic carbocycles. The van der Waals surface area contributed by atoms with Gasteiger partial charge in [-0.3, -0.25) is 4.79 Å². The molecule has 2 rings (SSSR count). The third-order valence-corrected chi connectivity index (χ3v) is 5.01. The molecular formula is C21H31N3O3. The summed E-state index contributed by atoms with van der Waals surface area (Å²) in [6, 6.07) is 5.41. The number of hydrogen-bond acceptors (Lipinski definition) is 4. The van der Waals surface area contributed by atoms with Crippen LogP contribution in [-0.2, 0) is 16.6 Å². The van der Waals surface area contributed by atoms with Crippen molar-refractivity contribution in [3.05, 3.63) is 29.6 Å². The lowest BCUT2D eigenvalue weighted by Gasteiger charge is -2.28. The second-order valence-corrected chi connectivity index (χ2v) is 7.24. The van der Waals surface area contributed by atoms with Crippen LogP contribution in [0.5, 0.6) is 0 Å². The zero-order chi connectivity index (χ0) is 20.0. The van der Waals surface area contributed by atoms with Gasteiger partial charge in [-0.05, 0) is 45.4 Å². The van der Waals surface area contributed by atoms with E-state index in [2.05, 4.69) is 17.2 Å². The SMILES string of the molecule is CCCCCCC(C)(NC(=O)c1ccc2c(c1)nc(C)n2C)C(=O)OCC. The van der Waals surface area contributed by atoms with Gasteiger partial charge in [-0.15, -0.1) is 0 Å². The van der Waals surface area contributed by atoms with Crippen LogP contribution < -0.4 is 5.32 Å². The van der Waals surface area contributed by atoms with Crippen LogP contribution >= 0.6 is 0 Å². The normalized spacial score (nSPS) is 13.4. The van der Waals surface area contributed by atoms with Gasteiger partial charge in [-0.25, -0.2) is 9.78 Å². The number of amides is 1. The smallest absolute Gasteiger partial charge is 0.331 e. The standard InChI is InChI=1S/C21H31N3O3/c1-6-8-9-10-13-21(4,20(26)27-7-2)23-19(25)16-11-12-18-17(14-16)22-15(3)24(18)5/h11-12,14H,6-10,13H2,1-5H3,(H,23,25). The molecule has 1 aromatic heterocycles. The molecule has 1 heterocycles. The molecule has 0 aliphatic heterocycles. The second-order valence-electron chi connectivity index (χ2n) is 7.24. The number of carbonyl (C=O) groups excluding carboxylic acids is 2. The Morgan fingerprint density at radius 1 is 1.22 bits per heavy atom. The number of ether oxygens (including phenoxy) is 1. The average molecular weight is 373 g/mol. The molecule has 148 valence electrons. The molecule has 1 atom stereocenters. The van der Waals surface area contributed by atoms with Crippen molar-refractivity contribution in [3.63, 3.8) is 0 Å². The Morgan fingerprint density at radius 3 is 2.63 bits per heavy atom. The van der Waals surface area contributed by atoms with E-state index in [9.17, 15) is 9.59 Å². The van der Waals surface area contributed by atoms with Gasteiger partial charge in [-0.2, -0.15) is 0 Å². The number of esters is 1. The molecule has 1 N–H and O–H groups in total. The average Bonchev–Trinajstić information content (AvgIpc) is 2.92. The van der Waals surface area contributed by atoms with Crippen molar-refractivity contribution in [1.82, 2.24) is 14.9 Å². The van der Waals surface area contributed by atoms with Gasteiger partial charge in [0.15, 0.2) is 0 Å². The summed E-state index contributed by atoms with van der Waals surface area (Å²) in [5.41, 5.74) is 1.19. The van der Waals surface area contributed by atoms with Crippen molar-refractivity contribution in [3.8, 4) is 0 Å². The zero-order valence-corrected chi connectivity index (χ0v) is 17.1. The van der Waals surface area contributed by atoms with Gasteiger partial charge in [0.05, 0.1) is 17.6 Å². The van der Waals surface area contributed by atoms with E-state index in [4.69, 9.17) is 4.74 Å². The van der Waals surface area contributed by atoms with Crippen molar-refractivity contribution >= 4 is 22.9 Å². The van der Waals surface area contributed by atoms with Crippen molar-refractivity contribution < 1.29 is 14.3 Å². The zero-order valence-electron chi connectivity index (χ0n) is 17.1. The number of fused-ring (bicyclic) bond motifs is 1. The number of hydrogen-bond donors (Lipinski definition) is 1. The summed E-state index contributed by atoms with van der Waals surface area (Å²) in [5.74, 6) is 0.214. The van der Waals surface area contributed by atoms with Crippen molar-refractivity contribution in [2.75, 3.05) is 6.61 Å². The first-order chi connectivity index (χ1) is 12.8. The number of nitrogens with one attached hydrogen (secondary N) is 1. The molecule has 0 bridgehead atoms. The molecule has 2 aromatic rings. The van der Waals surface area contributed by atoms with Crippen LogP contribution in [0.1, 0.15) is 69.1 Å². The first-order valence-electron chi connectivity index (χ1n) is 9.75. The number of aromatic nitrogens is 2. The number of carbonyl (C=O) groups is 2. The molecule has 0 aliphatic rings. The summed E-state index contributed by atoms with van der Waals surface area (Å²) in [6.07, 6.45) is 4.68. The monoisotopic (exact) mass is 373 g/mol. The van der Waals surface area contributed by atoms with E-state index in [0.717, 1.165) is 42.5 Å². The third kappa shape index (κ3) is 4.87. The van der Waals surface area contributed by atoms with Gasteiger partial charge in [0.2, 0.25) is 0 Å². The van der Waals surface area contributed by atoms with E-state index >= 15 is 0 Å². The molecule has 0 radical (unpaired) electrons. The lowest BCUT2D eigenvalue weighted by atomic mass is 9.93. The summed E-state index contributed by atoms with van der Waals surface area (Å²) in [7, 11) is 1.94. The highest BCUT2D eigenvalue weighted by atomic mass is 16.5. The Balaban J connectivity index is 2.19. The molecule has 0 spiro atoms. The van der Waals surface area contributed by atoms with Gasteiger partial charge in [0.1, 0.15) is 11.4 Å². The summed E-state index contributed by atoms with van der Waals surface area (Å²) < 4.78 is 7.20. The summed E-state index contributed by atoms with van der Waals surface area (Å²) in [5, 5.41) is 2.91. The highest BCUT2D eigenvalue weighted by Gasteiger charge is 2.36. The number of rotatable bonds is 9. The van der Waals surface area contributed by atoms with Crippen molar-refractivity contribution in [2.24, 2.45) is 7.05 Å². The van der Waals surface area contributed by atoms with Crippen LogP contribution in [0.2, 0.25) is 0 Å². The van der Waals surface area contributed by atoms with Gasteiger partial charge >= 0.3 is 5.97 Å². The fourth-order valence-electron chi connectivity index (χ4n) is 3.20. The lowest BCUT2D eigenvalue weighted by molar-refractivity contribution is -0.150. The van der Waals surface area contributed by atoms with E-state index < -0.39 is 5.54 Å². The van der Waals surface area contributed by atoms with Crippen LogP contribution in [0.15, 0.2) is 18.2 Å². The Labute approximate surface area is 161 Å². The van der Waals surface area contributed by atoms with Gasteiger partial charge in [0.25, 0.3) is 5.91 Å². The number of benzene rings is 1. The maximum Gasteiger partial charge on any atom is 0.331 e. The van der Waals surface area contributed by atoms with E-state index in [1.165, 1.54) is 0 Å². The summed E-state index contributed by atoms with van der Waals surface area (Å²) in [4.78, 5) is 29.8. The van der Waals surface area contributed by atoms with E-state index in [1.807, 2.05) is 24.6 Å². The molecule has 6 nitrogen and oxygen atoms in total. The van der Waals surface area contributed by atoms with Gasteiger partial charge in [0, 0.05) is 12.6 Å². The fourth-order valence-corrected chi connectivity index (χ4v) is 3.20. The van der Waals surface area contributed by atoms with E-state index in [1.54, 1.807) is 26.0 Å². The summed E-state index contributed by atoms with van der Waals surface area (Å²) in [6.45, 7) is 7.88. The molecular weight excluding hydrogens is 342 g/mol. The van der Waals surface area contributed by atoms with Crippen LogP contribution in [0, 0.1) is 6.92 Å². The molecule has 1 amide bonds. The van der Waals surface area contributed by atoms with E-state index in [-0.39, 0.29) is 11.9 Å². The van der Waals surface area contributed by atoms with Crippen LogP contribution in [0.4, 0.5) is 0 Å². The largest absolute Gasteiger partial charge is 0.464 e. The molecule has 1 unspecified atom stereocenters. The maximum atomic E-state index is 12.8. The van der Waals surface area contributed by atoms with Gasteiger partial charge < -0.3 is 14.6 Å².